The van der Waals surface area contributed by atoms with Crippen molar-refractivity contribution in [1.29, 1.82) is 0 Å². The molecular formula is H12ClNiO6+. The summed E-state index contributed by atoms with van der Waals surface area (Å²) in [5, 5.41) is 0. The topological polar surface area (TPSA) is 189 Å². The molecule has 0 aromatic carbocycles. The second-order valence-corrected chi connectivity index (χ2v) is 0. The van der Waals surface area contributed by atoms with Gasteiger partial charge in [-0.15, -0.1) is 0 Å². The Bertz CT molecular complexity index is 8.49. The van der Waals surface area contributed by atoms with Crippen molar-refractivity contribution in [1.82, 2.24) is 0 Å². The summed E-state index contributed by atoms with van der Waals surface area (Å²) in [6, 6.07) is 0. The van der Waals surface area contributed by atoms with Crippen LogP contribution >= 0.6 is 0 Å². The summed E-state index contributed by atoms with van der Waals surface area (Å²) >= 11 is 0. The maximum absolute atomic E-state index is 0. The molecule has 0 heterocycles. The molecule has 0 amide bonds. The SMILES string of the molecule is O.O.O.O.O.O.[Cl-].[Ni+2]. The summed E-state index contributed by atoms with van der Waals surface area (Å²) in [7, 11) is 0. The fourth-order valence-electron chi connectivity index (χ4n) is 0. The van der Waals surface area contributed by atoms with Crippen LogP contribution in [-0.2, 0) is 16.5 Å². The summed E-state index contributed by atoms with van der Waals surface area (Å²) in [6.07, 6.45) is 0. The Labute approximate surface area is 62.5 Å². The van der Waals surface area contributed by atoms with Gasteiger partial charge in [-0.3, -0.25) is 0 Å². The van der Waals surface area contributed by atoms with Crippen LogP contribution in [0.25, 0.3) is 0 Å². The van der Waals surface area contributed by atoms with Crippen LogP contribution in [-0.4, -0.2) is 32.9 Å². The van der Waals surface area contributed by atoms with Gasteiger partial charge in [0, 0.05) is 0 Å². The van der Waals surface area contributed by atoms with E-state index in [1.807, 2.05) is 0 Å². The van der Waals surface area contributed by atoms with E-state index in [0.717, 1.165) is 0 Å². The zero-order valence-electron chi connectivity index (χ0n) is 3.69. The van der Waals surface area contributed by atoms with Gasteiger partial charge in [-0.2, -0.15) is 0 Å². The predicted molar refractivity (Wildman–Crippen MR) is 21.7 cm³/mol. The van der Waals surface area contributed by atoms with E-state index in [0.29, 0.717) is 0 Å². The van der Waals surface area contributed by atoms with E-state index in [1.54, 1.807) is 0 Å². The van der Waals surface area contributed by atoms with Crippen molar-refractivity contribution in [2.45, 2.75) is 0 Å². The Hall–Kier alpha value is 0.544. The monoisotopic (exact) mass is 201 g/mol. The Morgan fingerprint density at radius 3 is 0.375 bits per heavy atom. The molecule has 0 saturated carbocycles. The van der Waals surface area contributed by atoms with Gasteiger partial charge in [0.25, 0.3) is 0 Å². The Kier molecular flexibility index (Phi) is 225000. The standard InChI is InChI=1S/ClH.Ni.6H2O/h1H;;6*1H2/q;+2;;;;;;/p-1. The second-order valence-electron chi connectivity index (χ2n) is 0. The van der Waals surface area contributed by atoms with Gasteiger partial charge in [-0.1, -0.05) is 0 Å². The molecule has 64 valence electrons. The fourth-order valence-corrected chi connectivity index (χ4v) is 0. The molecule has 0 unspecified atom stereocenters. The van der Waals surface area contributed by atoms with E-state index in [9.17, 15) is 0 Å². The molecule has 0 bridgehead atoms. The molecule has 0 aliphatic carbocycles. The molecule has 0 aromatic heterocycles. The zero-order chi connectivity index (χ0) is 0. The van der Waals surface area contributed by atoms with Crippen LogP contribution in [0.2, 0.25) is 0 Å². The van der Waals surface area contributed by atoms with Gasteiger partial charge < -0.3 is 45.3 Å². The molecule has 0 atom stereocenters. The Morgan fingerprint density at radius 2 is 0.375 bits per heavy atom. The van der Waals surface area contributed by atoms with Crippen molar-refractivity contribution in [3.05, 3.63) is 0 Å². The van der Waals surface area contributed by atoms with Crippen molar-refractivity contribution in [3.63, 3.8) is 0 Å². The first-order valence-corrected chi connectivity index (χ1v) is 0. The Balaban J connectivity index is 0. The van der Waals surface area contributed by atoms with Crippen LogP contribution in [0.15, 0.2) is 0 Å². The summed E-state index contributed by atoms with van der Waals surface area (Å²) in [6.45, 7) is 0. The predicted octanol–water partition coefficient (Wildman–Crippen LogP) is -7.95. The maximum atomic E-state index is 0. The fraction of sp³-hybridized carbons (Fsp3) is 0. The van der Waals surface area contributed by atoms with Crippen LogP contribution in [0, 0.1) is 0 Å². The van der Waals surface area contributed by atoms with Crippen LogP contribution in [0.4, 0.5) is 0 Å². The van der Waals surface area contributed by atoms with Crippen LogP contribution in [0.3, 0.4) is 0 Å². The third-order valence-corrected chi connectivity index (χ3v) is 0. The van der Waals surface area contributed by atoms with Gasteiger partial charge in [-0.25, -0.2) is 0 Å². The van der Waals surface area contributed by atoms with E-state index in [2.05, 4.69) is 0 Å². The number of hydrogen-bond donors (Lipinski definition) is 0. The average Bonchev–Trinajstić information content (AvgIpc) is 0. The largest absolute Gasteiger partial charge is 2.00 e. The van der Waals surface area contributed by atoms with Gasteiger partial charge in [-0.05, 0) is 0 Å². The first kappa shape index (κ1) is 1650. The van der Waals surface area contributed by atoms with Crippen LogP contribution in [0.1, 0.15) is 0 Å². The molecule has 0 rings (SSSR count). The van der Waals surface area contributed by atoms with Crippen molar-refractivity contribution in [2.24, 2.45) is 0 Å². The van der Waals surface area contributed by atoms with Gasteiger partial charge in [0.05, 0.1) is 0 Å². The van der Waals surface area contributed by atoms with Gasteiger partial charge in [0.2, 0.25) is 0 Å². The molecule has 6 nitrogen and oxygen atoms in total. The molecule has 0 saturated heterocycles. The third-order valence-electron chi connectivity index (χ3n) is 0. The van der Waals surface area contributed by atoms with E-state index in [-0.39, 0.29) is 61.8 Å². The molecule has 0 fully saturated rings. The summed E-state index contributed by atoms with van der Waals surface area (Å²) in [5.41, 5.74) is 0. The molecular weight excluding hydrogens is 190 g/mol. The van der Waals surface area contributed by atoms with E-state index in [1.165, 1.54) is 0 Å². The molecule has 8 heteroatoms. The number of halogens is 1. The minimum atomic E-state index is 0. The number of rotatable bonds is 0. The normalized spacial score (nSPS) is 0. The minimum Gasteiger partial charge on any atom is -1.00 e. The van der Waals surface area contributed by atoms with Crippen molar-refractivity contribution < 1.29 is 61.8 Å². The summed E-state index contributed by atoms with van der Waals surface area (Å²) < 4.78 is 0. The minimum absolute atomic E-state index is 0. The molecule has 12 N–H and O–H groups in total. The maximum Gasteiger partial charge on any atom is 2.00 e. The molecule has 0 aliphatic rings. The van der Waals surface area contributed by atoms with Crippen molar-refractivity contribution in [2.75, 3.05) is 0 Å². The van der Waals surface area contributed by atoms with Crippen molar-refractivity contribution >= 4 is 0 Å². The quantitative estimate of drug-likeness (QED) is 0.337. The smallest absolute Gasteiger partial charge is 1.00 e. The second kappa shape index (κ2) is 1090. The first-order chi connectivity index (χ1) is 0. The van der Waals surface area contributed by atoms with Gasteiger partial charge >= 0.3 is 16.5 Å². The van der Waals surface area contributed by atoms with Gasteiger partial charge in [0.1, 0.15) is 0 Å². The average molecular weight is 202 g/mol. The zero-order valence-corrected chi connectivity index (χ0v) is 5.44. The molecule has 0 aliphatic heterocycles. The third kappa shape index (κ3) is 681. The van der Waals surface area contributed by atoms with E-state index in [4.69, 9.17) is 0 Å². The summed E-state index contributed by atoms with van der Waals surface area (Å²) in [5.74, 6) is 0. The van der Waals surface area contributed by atoms with Crippen LogP contribution < -0.4 is 12.4 Å². The molecule has 8 heavy (non-hydrogen) atoms. The first-order valence-electron chi connectivity index (χ1n) is 0. The van der Waals surface area contributed by atoms with Crippen LogP contribution in [0.5, 0.6) is 0 Å². The molecule has 0 spiro atoms. The van der Waals surface area contributed by atoms with E-state index < -0.39 is 0 Å². The molecule has 0 aromatic rings. The molecule has 0 radical (unpaired) electrons. The van der Waals surface area contributed by atoms with Crippen molar-refractivity contribution in [3.8, 4) is 0 Å². The van der Waals surface area contributed by atoms with Gasteiger partial charge in [0.15, 0.2) is 0 Å². The number of hydrogen-bond acceptors (Lipinski definition) is 0. The Morgan fingerprint density at radius 1 is 0.375 bits per heavy atom. The van der Waals surface area contributed by atoms with E-state index >= 15 is 0 Å². The summed E-state index contributed by atoms with van der Waals surface area (Å²) in [4.78, 5) is 0.